The lowest BCUT2D eigenvalue weighted by molar-refractivity contribution is -0.142. The number of benzene rings is 2. The van der Waals surface area contributed by atoms with E-state index in [1.807, 2.05) is 0 Å². The van der Waals surface area contributed by atoms with Crippen molar-refractivity contribution in [2.45, 2.75) is 36.4 Å². The smallest absolute Gasteiger partial charge is 0.269 e. The second-order valence-corrected chi connectivity index (χ2v) is 11.5. The van der Waals surface area contributed by atoms with E-state index in [-0.39, 0.29) is 35.4 Å². The Balaban J connectivity index is 1.48. The summed E-state index contributed by atoms with van der Waals surface area (Å²) in [7, 11) is -4.26. The molecule has 1 saturated heterocycles. The van der Waals surface area contributed by atoms with Gasteiger partial charge in [-0.1, -0.05) is 41.9 Å². The third-order valence-corrected chi connectivity index (χ3v) is 8.87. The zero-order valence-electron chi connectivity index (χ0n) is 20.8. The number of furan rings is 1. The normalized spacial score (nSPS) is 18.5. The zero-order chi connectivity index (χ0) is 27.6. The van der Waals surface area contributed by atoms with Crippen LogP contribution in [-0.2, 0) is 30.9 Å². The quantitative estimate of drug-likeness (QED) is 0.418. The van der Waals surface area contributed by atoms with Crippen LogP contribution in [0.3, 0.4) is 0 Å². The molecule has 2 aromatic carbocycles. The van der Waals surface area contributed by atoms with Crippen molar-refractivity contribution in [1.82, 2.24) is 14.5 Å². The van der Waals surface area contributed by atoms with E-state index in [9.17, 15) is 22.8 Å². The number of nitrogens with one attached hydrogen (secondary N) is 1. The van der Waals surface area contributed by atoms with Crippen LogP contribution in [0.2, 0.25) is 5.02 Å². The third-order valence-electron chi connectivity index (χ3n) is 6.71. The summed E-state index contributed by atoms with van der Waals surface area (Å²) in [5, 5.41) is 3.18. The van der Waals surface area contributed by atoms with Crippen LogP contribution in [0.1, 0.15) is 40.6 Å². The van der Waals surface area contributed by atoms with Gasteiger partial charge < -0.3 is 19.4 Å². The average molecular weight is 572 g/mol. The van der Waals surface area contributed by atoms with Crippen molar-refractivity contribution < 1.29 is 32.0 Å². The lowest BCUT2D eigenvalue weighted by Crippen LogP contribution is -2.48. The van der Waals surface area contributed by atoms with Crippen molar-refractivity contribution in [1.29, 1.82) is 0 Å². The van der Waals surface area contributed by atoms with Gasteiger partial charge in [0.25, 0.3) is 21.8 Å². The van der Waals surface area contributed by atoms with Crippen molar-refractivity contribution in [3.05, 3.63) is 88.8 Å². The van der Waals surface area contributed by atoms with E-state index in [1.54, 1.807) is 42.5 Å². The molecule has 39 heavy (non-hydrogen) atoms. The minimum absolute atomic E-state index is 0.0140. The first-order valence-electron chi connectivity index (χ1n) is 12.4. The molecule has 5 rings (SSSR count). The standard InChI is InChI=1S/C27H26ClN3O7S/c28-21-10-3-1-7-18(21)16-30(24(32)17-31-27(34)20-9-2-4-12-23(20)39(31,35)36)25(22-11-6-14-38-22)26(33)29-15-19-8-5-13-37-19/h1-4,6-7,9-12,14,19,25H,5,8,13,15-17H2,(H,29,33)/t19-,25+/m0/s1. The van der Waals surface area contributed by atoms with E-state index in [2.05, 4.69) is 5.32 Å². The fourth-order valence-corrected chi connectivity index (χ4v) is 6.44. The molecule has 10 nitrogen and oxygen atoms in total. The fraction of sp³-hybridized carbons (Fsp3) is 0.296. The first kappa shape index (κ1) is 26.9. The molecule has 1 N–H and O–H groups in total. The molecule has 0 aliphatic carbocycles. The number of rotatable bonds is 9. The van der Waals surface area contributed by atoms with Crippen molar-refractivity contribution in [2.24, 2.45) is 0 Å². The number of fused-ring (bicyclic) bond motifs is 1. The first-order valence-corrected chi connectivity index (χ1v) is 14.2. The molecule has 204 valence electrons. The number of ether oxygens (including phenoxy) is 1. The number of hydrogen-bond acceptors (Lipinski definition) is 7. The summed E-state index contributed by atoms with van der Waals surface area (Å²) < 4.78 is 38.0. The third kappa shape index (κ3) is 5.42. The van der Waals surface area contributed by atoms with Gasteiger partial charge in [-0.2, -0.15) is 0 Å². The highest BCUT2D eigenvalue weighted by Crippen LogP contribution is 2.32. The Kier molecular flexibility index (Phi) is 7.74. The van der Waals surface area contributed by atoms with E-state index in [4.69, 9.17) is 20.8 Å². The van der Waals surface area contributed by atoms with E-state index in [0.717, 1.165) is 12.8 Å². The molecule has 2 atom stereocenters. The topological polar surface area (TPSA) is 126 Å². The Labute approximate surface area is 230 Å². The zero-order valence-corrected chi connectivity index (χ0v) is 22.4. The predicted octanol–water partition coefficient (Wildman–Crippen LogP) is 3.14. The molecule has 3 amide bonds. The van der Waals surface area contributed by atoms with Gasteiger partial charge in [0.2, 0.25) is 5.91 Å². The van der Waals surface area contributed by atoms with E-state index < -0.39 is 40.3 Å². The molecule has 0 spiro atoms. The van der Waals surface area contributed by atoms with Crippen LogP contribution in [0.15, 0.2) is 76.2 Å². The minimum Gasteiger partial charge on any atom is -0.467 e. The van der Waals surface area contributed by atoms with Gasteiger partial charge in [0, 0.05) is 24.7 Å². The van der Waals surface area contributed by atoms with Crippen molar-refractivity contribution >= 4 is 39.3 Å². The summed E-state index contributed by atoms with van der Waals surface area (Å²) in [6, 6.07) is 14.4. The van der Waals surface area contributed by atoms with Gasteiger partial charge in [-0.25, -0.2) is 12.7 Å². The molecule has 0 bridgehead atoms. The van der Waals surface area contributed by atoms with Crippen LogP contribution in [0.5, 0.6) is 0 Å². The van der Waals surface area contributed by atoms with Gasteiger partial charge in [-0.15, -0.1) is 0 Å². The monoisotopic (exact) mass is 571 g/mol. The molecule has 0 saturated carbocycles. The molecule has 1 aromatic heterocycles. The van der Waals surface area contributed by atoms with E-state index in [1.165, 1.54) is 29.4 Å². The van der Waals surface area contributed by atoms with Gasteiger partial charge in [-0.05, 0) is 48.7 Å². The number of hydrogen-bond donors (Lipinski definition) is 1. The van der Waals surface area contributed by atoms with Crippen molar-refractivity contribution in [2.75, 3.05) is 19.7 Å². The number of nitrogens with zero attached hydrogens (tertiary/aromatic N) is 2. The lowest BCUT2D eigenvalue weighted by atomic mass is 10.1. The van der Waals surface area contributed by atoms with Gasteiger partial charge >= 0.3 is 0 Å². The summed E-state index contributed by atoms with van der Waals surface area (Å²) in [4.78, 5) is 41.5. The van der Waals surface area contributed by atoms with Crippen LogP contribution in [-0.4, -0.2) is 61.1 Å². The second kappa shape index (κ2) is 11.2. The lowest BCUT2D eigenvalue weighted by Gasteiger charge is -2.31. The molecule has 3 aromatic rings. The molecule has 12 heteroatoms. The maximum atomic E-state index is 13.9. The maximum absolute atomic E-state index is 13.9. The number of carbonyl (C=O) groups is 3. The Morgan fingerprint density at radius 2 is 1.87 bits per heavy atom. The first-order chi connectivity index (χ1) is 18.8. The summed E-state index contributed by atoms with van der Waals surface area (Å²) in [5.74, 6) is -1.97. The predicted molar refractivity (Wildman–Crippen MR) is 140 cm³/mol. The van der Waals surface area contributed by atoms with Crippen molar-refractivity contribution in [3.8, 4) is 0 Å². The minimum atomic E-state index is -4.26. The highest BCUT2D eigenvalue weighted by molar-refractivity contribution is 7.90. The summed E-state index contributed by atoms with van der Waals surface area (Å²) in [6.45, 7) is -0.110. The number of sulfonamides is 1. The molecule has 2 aliphatic rings. The van der Waals surface area contributed by atoms with Crippen LogP contribution < -0.4 is 5.32 Å². The van der Waals surface area contributed by atoms with E-state index >= 15 is 0 Å². The maximum Gasteiger partial charge on any atom is 0.269 e. The van der Waals surface area contributed by atoms with Gasteiger partial charge in [0.05, 0.1) is 17.9 Å². The highest BCUT2D eigenvalue weighted by atomic mass is 35.5. The largest absolute Gasteiger partial charge is 0.467 e. The Hall–Kier alpha value is -3.67. The van der Waals surface area contributed by atoms with Crippen LogP contribution in [0.4, 0.5) is 0 Å². The number of halogens is 1. The van der Waals surface area contributed by atoms with Gasteiger partial charge in [0.1, 0.15) is 17.2 Å². The molecule has 0 unspecified atom stereocenters. The van der Waals surface area contributed by atoms with Crippen molar-refractivity contribution in [3.63, 3.8) is 0 Å². The van der Waals surface area contributed by atoms with Crippen LogP contribution >= 0.6 is 11.6 Å². The average Bonchev–Trinajstić information content (AvgIpc) is 3.68. The molecule has 1 fully saturated rings. The fourth-order valence-electron chi connectivity index (χ4n) is 4.72. The molecule has 3 heterocycles. The molecule has 2 aliphatic heterocycles. The SMILES string of the molecule is O=C(NC[C@@H]1CCCO1)[C@@H](c1ccco1)N(Cc1ccccc1Cl)C(=O)CN1C(=O)c2ccccc2S1(=O)=O. The molecular weight excluding hydrogens is 546 g/mol. The van der Waals surface area contributed by atoms with Gasteiger partial charge in [0.15, 0.2) is 6.04 Å². The number of amides is 3. The Morgan fingerprint density at radius 1 is 1.10 bits per heavy atom. The van der Waals surface area contributed by atoms with E-state index in [0.29, 0.717) is 21.5 Å². The Morgan fingerprint density at radius 3 is 2.56 bits per heavy atom. The molecular formula is C27H26ClN3O7S. The molecule has 0 radical (unpaired) electrons. The summed E-state index contributed by atoms with van der Waals surface area (Å²) >= 11 is 6.39. The highest BCUT2D eigenvalue weighted by Gasteiger charge is 2.44. The summed E-state index contributed by atoms with van der Waals surface area (Å²) in [5.41, 5.74) is 0.509. The van der Waals surface area contributed by atoms with Gasteiger partial charge in [-0.3, -0.25) is 14.4 Å². The van der Waals surface area contributed by atoms with Crippen LogP contribution in [0.25, 0.3) is 0 Å². The second-order valence-electron chi connectivity index (χ2n) is 9.22. The number of carbonyl (C=O) groups excluding carboxylic acids is 3. The Bertz CT molecular complexity index is 1490. The summed E-state index contributed by atoms with van der Waals surface area (Å²) in [6.07, 6.45) is 2.91. The van der Waals surface area contributed by atoms with Crippen LogP contribution in [0, 0.1) is 0 Å².